The summed E-state index contributed by atoms with van der Waals surface area (Å²) in [7, 11) is 2.02. The minimum absolute atomic E-state index is 0.0652. The number of nitrogens with one attached hydrogen (secondary N) is 1. The molecule has 0 atom stereocenters. The molecule has 0 spiro atoms. The van der Waals surface area contributed by atoms with Crippen LogP contribution in [0, 0.1) is 16.0 Å². The number of nitro groups is 1. The third-order valence-corrected chi connectivity index (χ3v) is 6.51. The molecule has 216 valence electrons. The number of amidine groups is 1. The van der Waals surface area contributed by atoms with Crippen molar-refractivity contribution in [2.75, 3.05) is 20.1 Å². The van der Waals surface area contributed by atoms with Gasteiger partial charge in [-0.3, -0.25) is 24.5 Å². The lowest BCUT2D eigenvalue weighted by Crippen LogP contribution is -2.40. The van der Waals surface area contributed by atoms with Crippen LogP contribution in [0.1, 0.15) is 53.2 Å². The molecule has 2 aliphatic rings. The predicted octanol–water partition coefficient (Wildman–Crippen LogP) is 5.27. The van der Waals surface area contributed by atoms with Crippen molar-refractivity contribution in [2.24, 2.45) is 10.9 Å². The van der Waals surface area contributed by atoms with E-state index in [-0.39, 0.29) is 28.3 Å². The number of hydrogen-bond donors (Lipinski definition) is 1. The lowest BCUT2D eigenvalue weighted by molar-refractivity contribution is -0.384. The lowest BCUT2D eigenvalue weighted by Gasteiger charge is -2.27. The number of likely N-dealkylation sites (tertiary alicyclic amines) is 1. The van der Waals surface area contributed by atoms with E-state index in [1.165, 1.54) is 12.1 Å². The molecule has 2 aromatic rings. The van der Waals surface area contributed by atoms with Crippen molar-refractivity contribution in [3.05, 3.63) is 57.2 Å². The summed E-state index contributed by atoms with van der Waals surface area (Å²) in [4.78, 5) is 51.5. The molecule has 1 N–H and O–H groups in total. The highest BCUT2D eigenvalue weighted by molar-refractivity contribution is 8.18. The lowest BCUT2D eigenvalue weighted by atomic mass is 9.96. The van der Waals surface area contributed by atoms with Gasteiger partial charge in [0, 0.05) is 18.1 Å². The second-order valence-corrected chi connectivity index (χ2v) is 10.7. The maximum absolute atomic E-state index is 12.5. The van der Waals surface area contributed by atoms with Crippen LogP contribution in [0.3, 0.4) is 0 Å². The number of para-hydroxylation sites is 1. The van der Waals surface area contributed by atoms with Crippen LogP contribution in [-0.4, -0.2) is 59.0 Å². The summed E-state index contributed by atoms with van der Waals surface area (Å²) >= 11 is 1.07. The van der Waals surface area contributed by atoms with Gasteiger partial charge in [-0.1, -0.05) is 26.0 Å². The summed E-state index contributed by atoms with van der Waals surface area (Å²) in [5.41, 5.74) is -0.0311. The Balaban J connectivity index is 0.000000545. The Hall–Kier alpha value is -3.77. The molecule has 1 aromatic heterocycles. The third kappa shape index (κ3) is 9.76. The molecular weight excluding hydrogens is 536 g/mol. The van der Waals surface area contributed by atoms with Crippen LogP contribution >= 0.6 is 11.8 Å². The second kappa shape index (κ2) is 15.1. The van der Waals surface area contributed by atoms with Crippen LogP contribution < -0.4 is 5.32 Å². The average molecular weight is 573 g/mol. The number of furan rings is 1. The van der Waals surface area contributed by atoms with Gasteiger partial charge in [0.05, 0.1) is 15.4 Å². The minimum Gasteiger partial charge on any atom is -0.462 e. The van der Waals surface area contributed by atoms with Gasteiger partial charge in [-0.2, -0.15) is 4.99 Å². The molecule has 0 bridgehead atoms. The first-order chi connectivity index (χ1) is 19.0. The molecule has 2 aliphatic heterocycles. The van der Waals surface area contributed by atoms with Gasteiger partial charge >= 0.3 is 0 Å². The first-order valence-electron chi connectivity index (χ1n) is 12.9. The SMILES string of the molecule is CC.CC(C)(C)OC=O.CN1CCC(C(=O)NC2=NC(=O)/C(=C/c3ccc(-c4ccccc4[N+](=O)[O-])o3)S2)CC1. The molecule has 1 fully saturated rings. The van der Waals surface area contributed by atoms with Crippen LogP contribution in [0.15, 0.2) is 50.7 Å². The van der Waals surface area contributed by atoms with Crippen molar-refractivity contribution in [3.8, 4) is 11.3 Å². The maximum atomic E-state index is 12.5. The Bertz CT molecular complexity index is 1260. The van der Waals surface area contributed by atoms with Crippen LogP contribution in [0.2, 0.25) is 0 Å². The summed E-state index contributed by atoms with van der Waals surface area (Å²) in [5, 5.41) is 14.2. The number of carbonyl (C=O) groups is 3. The van der Waals surface area contributed by atoms with Gasteiger partial charge in [0.1, 0.15) is 17.1 Å². The normalized spacial score (nSPS) is 16.7. The van der Waals surface area contributed by atoms with Crippen molar-refractivity contribution in [3.63, 3.8) is 0 Å². The van der Waals surface area contributed by atoms with E-state index in [1.54, 1.807) is 30.3 Å². The van der Waals surface area contributed by atoms with Crippen LogP contribution in [0.25, 0.3) is 17.4 Å². The van der Waals surface area contributed by atoms with Gasteiger partial charge in [-0.05, 0) is 83.7 Å². The van der Waals surface area contributed by atoms with Crippen LogP contribution in [0.4, 0.5) is 5.69 Å². The topological polar surface area (TPSA) is 144 Å². The molecule has 11 nitrogen and oxygen atoms in total. The van der Waals surface area contributed by atoms with E-state index in [2.05, 4.69) is 19.9 Å². The number of nitrogens with zero attached hydrogens (tertiary/aromatic N) is 3. The Labute approximate surface area is 238 Å². The van der Waals surface area contributed by atoms with E-state index >= 15 is 0 Å². The summed E-state index contributed by atoms with van der Waals surface area (Å²) in [6.45, 7) is 11.6. The van der Waals surface area contributed by atoms with Gasteiger partial charge in [0.25, 0.3) is 18.1 Å². The summed E-state index contributed by atoms with van der Waals surface area (Å²) in [5.74, 6) is 0.0164. The minimum atomic E-state index is -0.473. The first-order valence-corrected chi connectivity index (χ1v) is 13.8. The third-order valence-electron chi connectivity index (χ3n) is 5.61. The summed E-state index contributed by atoms with van der Waals surface area (Å²) in [6, 6.07) is 9.51. The van der Waals surface area contributed by atoms with Gasteiger partial charge in [0.15, 0.2) is 5.17 Å². The molecular formula is C28H36N4O7S. The molecule has 0 aliphatic carbocycles. The fourth-order valence-corrected chi connectivity index (χ4v) is 4.43. The molecule has 0 radical (unpaired) electrons. The van der Waals surface area contributed by atoms with Crippen molar-refractivity contribution in [1.82, 2.24) is 10.2 Å². The zero-order valence-corrected chi connectivity index (χ0v) is 24.4. The Morgan fingerprint density at radius 2 is 1.85 bits per heavy atom. The Morgan fingerprint density at radius 3 is 2.42 bits per heavy atom. The molecule has 2 amide bonds. The molecule has 0 unspecified atom stereocenters. The van der Waals surface area contributed by atoms with Gasteiger partial charge < -0.3 is 19.4 Å². The highest BCUT2D eigenvalue weighted by atomic mass is 32.2. The van der Waals surface area contributed by atoms with Gasteiger partial charge in [-0.25, -0.2) is 0 Å². The molecule has 0 saturated carbocycles. The van der Waals surface area contributed by atoms with Crippen molar-refractivity contribution in [1.29, 1.82) is 0 Å². The number of benzene rings is 1. The quantitative estimate of drug-likeness (QED) is 0.219. The predicted molar refractivity (Wildman–Crippen MR) is 155 cm³/mol. The smallest absolute Gasteiger partial charge is 0.293 e. The number of thioether (sulfide) groups is 1. The van der Waals surface area contributed by atoms with Crippen molar-refractivity contribution in [2.45, 2.75) is 53.1 Å². The highest BCUT2D eigenvalue weighted by Crippen LogP contribution is 2.33. The number of nitro benzene ring substituents is 1. The second-order valence-electron chi connectivity index (χ2n) is 9.70. The number of piperidine rings is 1. The fourth-order valence-electron chi connectivity index (χ4n) is 3.63. The molecule has 1 aromatic carbocycles. The number of ether oxygens (including phenoxy) is 1. The van der Waals surface area contributed by atoms with Gasteiger partial charge in [-0.15, -0.1) is 0 Å². The summed E-state index contributed by atoms with van der Waals surface area (Å²) in [6.07, 6.45) is 3.07. The summed E-state index contributed by atoms with van der Waals surface area (Å²) < 4.78 is 10.3. The molecule has 12 heteroatoms. The Morgan fingerprint density at radius 1 is 1.20 bits per heavy atom. The van der Waals surface area contributed by atoms with E-state index in [9.17, 15) is 24.5 Å². The van der Waals surface area contributed by atoms with Crippen LogP contribution in [0.5, 0.6) is 0 Å². The monoisotopic (exact) mass is 572 g/mol. The van der Waals surface area contributed by atoms with Crippen LogP contribution in [-0.2, 0) is 19.1 Å². The van der Waals surface area contributed by atoms with E-state index in [0.717, 1.165) is 37.7 Å². The number of aliphatic imine (C=N–C) groups is 1. The van der Waals surface area contributed by atoms with E-state index < -0.39 is 10.8 Å². The van der Waals surface area contributed by atoms with Crippen molar-refractivity contribution >= 4 is 47.0 Å². The first kappa shape index (κ1) is 32.4. The van der Waals surface area contributed by atoms with Gasteiger partial charge in [0.2, 0.25) is 5.91 Å². The molecule has 40 heavy (non-hydrogen) atoms. The maximum Gasteiger partial charge on any atom is 0.293 e. The highest BCUT2D eigenvalue weighted by Gasteiger charge is 2.28. The van der Waals surface area contributed by atoms with Crippen molar-refractivity contribution < 1.29 is 28.5 Å². The van der Waals surface area contributed by atoms with E-state index in [1.807, 2.05) is 41.7 Å². The number of amides is 2. The average Bonchev–Trinajstić information content (AvgIpc) is 3.51. The number of rotatable bonds is 5. The molecule has 1 saturated heterocycles. The zero-order chi connectivity index (χ0) is 29.9. The van der Waals surface area contributed by atoms with E-state index in [4.69, 9.17) is 4.42 Å². The largest absolute Gasteiger partial charge is 0.462 e. The zero-order valence-electron chi connectivity index (χ0n) is 23.6. The molecule has 4 rings (SSSR count). The Kier molecular flexibility index (Phi) is 12.3. The number of hydrogen-bond acceptors (Lipinski definition) is 9. The van der Waals surface area contributed by atoms with E-state index in [0.29, 0.717) is 28.5 Å². The standard InChI is InChI=1S/C21H20N4O5S.C5H10O2.C2H6/c1-24-10-8-13(9-11-24)19(26)22-21-23-20(27)18(31-21)12-14-6-7-17(30-14)15-4-2-3-5-16(15)25(28)29;1-5(2,3)7-4-6;1-2/h2-7,12-13H,8-11H2,1H3,(H,22,23,26,27);4H,1-3H3;1-2H3/b18-12-;;. The molecule has 3 heterocycles. The fraction of sp³-hybridized carbons (Fsp3) is 0.429. The number of carbonyl (C=O) groups excluding carboxylic acids is 3.